The number of anilines is 1. The molecule has 1 N–H and O–H groups in total. The second-order valence-corrected chi connectivity index (χ2v) is 7.75. The van der Waals surface area contributed by atoms with Gasteiger partial charge >= 0.3 is 6.09 Å². The first kappa shape index (κ1) is 19.4. The summed E-state index contributed by atoms with van der Waals surface area (Å²) >= 11 is 0. The Balaban J connectivity index is 1.67. The first-order chi connectivity index (χ1) is 13.2. The van der Waals surface area contributed by atoms with Gasteiger partial charge in [-0.3, -0.25) is 4.79 Å². The highest BCUT2D eigenvalue weighted by Crippen LogP contribution is 2.24. The lowest BCUT2D eigenvalue weighted by Crippen LogP contribution is -2.39. The molecule has 3 rings (SSSR count). The Morgan fingerprint density at radius 1 is 1.11 bits per heavy atom. The minimum atomic E-state index is -0.515. The van der Waals surface area contributed by atoms with E-state index in [4.69, 9.17) is 11.3 Å². The van der Waals surface area contributed by atoms with E-state index in [9.17, 15) is 9.59 Å². The zero-order valence-electron chi connectivity index (χ0n) is 16.3. The average Bonchev–Trinajstić information content (AvgIpc) is 2.66. The summed E-state index contributed by atoms with van der Waals surface area (Å²) in [5, 5.41) is 2.89. The number of nitrogens with one attached hydrogen (secondary N) is 1. The van der Waals surface area contributed by atoms with Crippen molar-refractivity contribution in [2.45, 2.75) is 39.3 Å². The predicted octanol–water partition coefficient (Wildman–Crippen LogP) is 4.78. The fourth-order valence-electron chi connectivity index (χ4n) is 3.00. The standard InChI is InChI=1S/C22H23N3O3/c1-22(2,3)28-21(27)25-12-11-16-13-19(10-7-17(16)14-25)24-20(26)15-5-8-18(23-4)9-6-15/h5-10,13H,11-12,14H2,1-3H3,(H,24,26). The Morgan fingerprint density at radius 3 is 2.46 bits per heavy atom. The van der Waals surface area contributed by atoms with E-state index >= 15 is 0 Å². The Bertz CT molecular complexity index is 937. The van der Waals surface area contributed by atoms with Crippen molar-refractivity contribution in [2.75, 3.05) is 11.9 Å². The molecule has 0 atom stereocenters. The zero-order valence-corrected chi connectivity index (χ0v) is 16.3. The van der Waals surface area contributed by atoms with Crippen LogP contribution in [-0.2, 0) is 17.7 Å². The molecule has 1 aliphatic rings. The largest absolute Gasteiger partial charge is 0.444 e. The third kappa shape index (κ3) is 4.68. The van der Waals surface area contributed by atoms with Crippen molar-refractivity contribution in [1.82, 2.24) is 4.90 Å². The summed E-state index contributed by atoms with van der Waals surface area (Å²) < 4.78 is 5.45. The van der Waals surface area contributed by atoms with Gasteiger partial charge in [0.25, 0.3) is 5.91 Å². The topological polar surface area (TPSA) is 63.0 Å². The maximum absolute atomic E-state index is 12.4. The van der Waals surface area contributed by atoms with Crippen LogP contribution >= 0.6 is 0 Å². The fourth-order valence-corrected chi connectivity index (χ4v) is 3.00. The fraction of sp³-hybridized carbons (Fsp3) is 0.318. The molecular formula is C22H23N3O3. The zero-order chi connectivity index (χ0) is 20.3. The molecule has 0 fully saturated rings. The van der Waals surface area contributed by atoms with Gasteiger partial charge in [-0.15, -0.1) is 0 Å². The summed E-state index contributed by atoms with van der Waals surface area (Å²) in [7, 11) is 0. The first-order valence-corrected chi connectivity index (χ1v) is 9.14. The monoisotopic (exact) mass is 377 g/mol. The molecule has 0 spiro atoms. The number of ether oxygens (including phenoxy) is 1. The molecule has 0 aromatic heterocycles. The van der Waals surface area contributed by atoms with Crippen molar-refractivity contribution in [1.29, 1.82) is 0 Å². The van der Waals surface area contributed by atoms with Crippen LogP contribution < -0.4 is 5.32 Å². The predicted molar refractivity (Wildman–Crippen MR) is 107 cm³/mol. The number of benzene rings is 2. The smallest absolute Gasteiger partial charge is 0.410 e. The van der Waals surface area contributed by atoms with E-state index in [0.29, 0.717) is 36.4 Å². The number of nitrogens with zero attached hydrogens (tertiary/aromatic N) is 2. The van der Waals surface area contributed by atoms with Crippen LogP contribution in [0.1, 0.15) is 42.3 Å². The number of amides is 2. The van der Waals surface area contributed by atoms with Crippen molar-refractivity contribution in [2.24, 2.45) is 0 Å². The normalized spacial score (nSPS) is 13.3. The third-order valence-corrected chi connectivity index (χ3v) is 4.39. The van der Waals surface area contributed by atoms with Crippen LogP contribution in [0.5, 0.6) is 0 Å². The molecule has 0 unspecified atom stereocenters. The molecule has 1 aliphatic heterocycles. The molecule has 144 valence electrons. The van der Waals surface area contributed by atoms with Crippen molar-refractivity contribution >= 4 is 23.4 Å². The molecule has 2 amide bonds. The van der Waals surface area contributed by atoms with Crippen LogP contribution in [0.4, 0.5) is 16.2 Å². The molecule has 6 nitrogen and oxygen atoms in total. The lowest BCUT2D eigenvalue weighted by Gasteiger charge is -2.31. The van der Waals surface area contributed by atoms with Crippen molar-refractivity contribution in [3.05, 3.63) is 70.6 Å². The molecule has 6 heteroatoms. The number of fused-ring (bicyclic) bond motifs is 1. The maximum Gasteiger partial charge on any atom is 0.410 e. The van der Waals surface area contributed by atoms with Gasteiger partial charge in [-0.25, -0.2) is 9.64 Å². The molecule has 0 bridgehead atoms. The van der Waals surface area contributed by atoms with Gasteiger partial charge in [0.2, 0.25) is 0 Å². The van der Waals surface area contributed by atoms with Gasteiger partial charge in [0, 0.05) is 24.3 Å². The van der Waals surface area contributed by atoms with E-state index in [1.54, 1.807) is 29.2 Å². The summed E-state index contributed by atoms with van der Waals surface area (Å²) in [6.07, 6.45) is 0.399. The van der Waals surface area contributed by atoms with Gasteiger partial charge in [-0.1, -0.05) is 30.3 Å². The Hall–Kier alpha value is -3.33. The molecule has 0 saturated carbocycles. The van der Waals surface area contributed by atoms with Gasteiger partial charge in [0.05, 0.1) is 6.57 Å². The maximum atomic E-state index is 12.4. The number of rotatable bonds is 2. The van der Waals surface area contributed by atoms with E-state index in [-0.39, 0.29) is 12.0 Å². The van der Waals surface area contributed by atoms with E-state index in [0.717, 1.165) is 11.1 Å². The van der Waals surface area contributed by atoms with Gasteiger partial charge in [-0.05, 0) is 50.5 Å². The van der Waals surface area contributed by atoms with Crippen LogP contribution in [0, 0.1) is 6.57 Å². The minimum Gasteiger partial charge on any atom is -0.444 e. The molecule has 0 aliphatic carbocycles. The average molecular weight is 377 g/mol. The van der Waals surface area contributed by atoms with Crippen LogP contribution in [0.3, 0.4) is 0 Å². The summed E-state index contributed by atoms with van der Waals surface area (Å²) in [5.41, 5.74) is 3.36. The first-order valence-electron chi connectivity index (χ1n) is 9.14. The lowest BCUT2D eigenvalue weighted by atomic mass is 9.99. The Morgan fingerprint density at radius 2 is 1.82 bits per heavy atom. The van der Waals surface area contributed by atoms with Crippen molar-refractivity contribution < 1.29 is 14.3 Å². The highest BCUT2D eigenvalue weighted by molar-refractivity contribution is 6.04. The van der Waals surface area contributed by atoms with Crippen LogP contribution in [0.2, 0.25) is 0 Å². The Kier molecular flexibility index (Phi) is 5.36. The quantitative estimate of drug-likeness (QED) is 0.766. The second-order valence-electron chi connectivity index (χ2n) is 7.75. The molecular weight excluding hydrogens is 354 g/mol. The SMILES string of the molecule is [C-]#[N+]c1ccc(C(=O)Nc2ccc3c(c2)CCN(C(=O)OC(C)(C)C)C3)cc1. The Labute approximate surface area is 164 Å². The molecule has 0 radical (unpaired) electrons. The highest BCUT2D eigenvalue weighted by atomic mass is 16.6. The summed E-state index contributed by atoms with van der Waals surface area (Å²) in [4.78, 5) is 29.7. The summed E-state index contributed by atoms with van der Waals surface area (Å²) in [6, 6.07) is 12.2. The summed E-state index contributed by atoms with van der Waals surface area (Å²) in [6.45, 7) is 13.6. The number of carbonyl (C=O) groups is 2. The van der Waals surface area contributed by atoms with Crippen LogP contribution in [-0.4, -0.2) is 29.0 Å². The number of carbonyl (C=O) groups excluding carboxylic acids is 2. The minimum absolute atomic E-state index is 0.220. The van der Waals surface area contributed by atoms with E-state index in [2.05, 4.69) is 10.2 Å². The van der Waals surface area contributed by atoms with Crippen molar-refractivity contribution in [3.63, 3.8) is 0 Å². The molecule has 0 saturated heterocycles. The van der Waals surface area contributed by atoms with Gasteiger partial charge in [0.15, 0.2) is 5.69 Å². The third-order valence-electron chi connectivity index (χ3n) is 4.39. The lowest BCUT2D eigenvalue weighted by molar-refractivity contribution is 0.0224. The van der Waals surface area contributed by atoms with E-state index < -0.39 is 5.60 Å². The number of hydrogen-bond donors (Lipinski definition) is 1. The van der Waals surface area contributed by atoms with E-state index in [1.807, 2.05) is 39.0 Å². The van der Waals surface area contributed by atoms with Crippen LogP contribution in [0.25, 0.3) is 4.85 Å². The summed E-state index contributed by atoms with van der Waals surface area (Å²) in [5.74, 6) is -0.220. The van der Waals surface area contributed by atoms with Crippen molar-refractivity contribution in [3.8, 4) is 0 Å². The molecule has 28 heavy (non-hydrogen) atoms. The second kappa shape index (κ2) is 7.73. The molecule has 2 aromatic carbocycles. The number of hydrogen-bond acceptors (Lipinski definition) is 3. The van der Waals surface area contributed by atoms with Gasteiger partial charge in [-0.2, -0.15) is 0 Å². The highest BCUT2D eigenvalue weighted by Gasteiger charge is 2.25. The molecule has 1 heterocycles. The van der Waals surface area contributed by atoms with Gasteiger partial charge in [0.1, 0.15) is 5.60 Å². The van der Waals surface area contributed by atoms with Gasteiger partial charge < -0.3 is 15.0 Å². The van der Waals surface area contributed by atoms with E-state index in [1.165, 1.54) is 0 Å². The molecule has 2 aromatic rings. The van der Waals surface area contributed by atoms with Crippen LogP contribution in [0.15, 0.2) is 42.5 Å².